The van der Waals surface area contributed by atoms with Crippen molar-refractivity contribution in [3.05, 3.63) is 78.4 Å². The second kappa shape index (κ2) is 10.0. The third-order valence-corrected chi connectivity index (χ3v) is 4.02. The number of phenols is 1. The van der Waals surface area contributed by atoms with E-state index in [9.17, 15) is 9.90 Å². The number of benzene rings is 2. The average molecular weight is 380 g/mol. The molecule has 0 aliphatic carbocycles. The number of carbonyl (C=O) groups excluding carboxylic acids is 1. The van der Waals surface area contributed by atoms with Crippen molar-refractivity contribution in [2.75, 3.05) is 20.8 Å². The zero-order valence-electron chi connectivity index (χ0n) is 16.1. The van der Waals surface area contributed by atoms with E-state index in [0.717, 1.165) is 0 Å². The van der Waals surface area contributed by atoms with E-state index in [2.05, 4.69) is 13.2 Å². The first-order chi connectivity index (χ1) is 13.5. The molecule has 0 atom stereocenters. The highest BCUT2D eigenvalue weighted by molar-refractivity contribution is 6.08. The van der Waals surface area contributed by atoms with Gasteiger partial charge in [0.25, 0.3) is 0 Å². The summed E-state index contributed by atoms with van der Waals surface area (Å²) in [6.45, 7) is 7.65. The van der Waals surface area contributed by atoms with Gasteiger partial charge in [-0.2, -0.15) is 0 Å². The lowest BCUT2D eigenvalue weighted by Crippen LogP contribution is -2.01. The molecule has 0 heterocycles. The summed E-state index contributed by atoms with van der Waals surface area (Å²) in [6.07, 6.45) is 6.93. The maximum absolute atomic E-state index is 12.7. The second-order valence-electron chi connectivity index (χ2n) is 5.88. The van der Waals surface area contributed by atoms with Crippen LogP contribution in [0, 0.1) is 0 Å². The van der Waals surface area contributed by atoms with Crippen molar-refractivity contribution in [1.82, 2.24) is 0 Å². The molecule has 0 fully saturated rings. The van der Waals surface area contributed by atoms with Gasteiger partial charge in [0.05, 0.1) is 19.8 Å². The van der Waals surface area contributed by atoms with E-state index < -0.39 is 0 Å². The summed E-state index contributed by atoms with van der Waals surface area (Å²) in [7, 11) is 3.00. The number of allylic oxidation sites excluding steroid dienone is 2. The number of methoxy groups -OCH3 is 2. The molecule has 0 radical (unpaired) electrons. The average Bonchev–Trinajstić information content (AvgIpc) is 2.71. The number of hydrogen-bond acceptors (Lipinski definition) is 5. The molecule has 2 aromatic rings. The van der Waals surface area contributed by atoms with Gasteiger partial charge < -0.3 is 19.3 Å². The maximum atomic E-state index is 12.7. The SMILES string of the molecule is C=CCOc1ccc(C(=O)/C=C/c2cc(CC=C)c(O)cc2OC)c(OC)c1. The predicted octanol–water partition coefficient (Wildman–Crippen LogP) is 4.60. The Morgan fingerprint density at radius 2 is 1.82 bits per heavy atom. The van der Waals surface area contributed by atoms with Gasteiger partial charge in [-0.1, -0.05) is 18.7 Å². The van der Waals surface area contributed by atoms with Gasteiger partial charge in [-0.3, -0.25) is 4.79 Å². The molecule has 2 rings (SSSR count). The molecule has 0 aromatic heterocycles. The van der Waals surface area contributed by atoms with Gasteiger partial charge in [-0.15, -0.1) is 6.58 Å². The highest BCUT2D eigenvalue weighted by Gasteiger charge is 2.12. The van der Waals surface area contributed by atoms with Gasteiger partial charge >= 0.3 is 0 Å². The monoisotopic (exact) mass is 380 g/mol. The largest absolute Gasteiger partial charge is 0.508 e. The summed E-state index contributed by atoms with van der Waals surface area (Å²) in [5.74, 6) is 1.37. The minimum absolute atomic E-state index is 0.122. The van der Waals surface area contributed by atoms with Gasteiger partial charge in [-0.25, -0.2) is 0 Å². The molecule has 0 bridgehead atoms. The summed E-state index contributed by atoms with van der Waals surface area (Å²) in [4.78, 5) is 12.7. The molecule has 5 nitrogen and oxygen atoms in total. The number of hydrogen-bond donors (Lipinski definition) is 1. The Kier molecular flexibility index (Phi) is 7.45. The molecule has 146 valence electrons. The summed E-state index contributed by atoms with van der Waals surface area (Å²) in [5.41, 5.74) is 1.79. The van der Waals surface area contributed by atoms with Crippen LogP contribution < -0.4 is 14.2 Å². The Balaban J connectivity index is 2.31. The Morgan fingerprint density at radius 3 is 2.46 bits per heavy atom. The zero-order chi connectivity index (χ0) is 20.5. The van der Waals surface area contributed by atoms with Crippen LogP contribution in [-0.2, 0) is 6.42 Å². The summed E-state index contributed by atoms with van der Waals surface area (Å²) in [6, 6.07) is 8.31. The first-order valence-corrected chi connectivity index (χ1v) is 8.69. The third kappa shape index (κ3) is 5.04. The van der Waals surface area contributed by atoms with Crippen LogP contribution in [0.5, 0.6) is 23.0 Å². The number of ether oxygens (including phenoxy) is 3. The Hall–Kier alpha value is -3.47. The van der Waals surface area contributed by atoms with E-state index in [-0.39, 0.29) is 11.5 Å². The van der Waals surface area contributed by atoms with E-state index in [1.807, 2.05) is 0 Å². The van der Waals surface area contributed by atoms with Crippen LogP contribution in [0.25, 0.3) is 6.08 Å². The standard InChI is InChI=1S/C23H24O5/c1-5-7-16-13-17(22(26-3)15-21(16)25)8-11-20(24)19-10-9-18(28-12-6-2)14-23(19)27-4/h5-6,8-11,13-15,25H,1-2,7,12H2,3-4H3/b11-8+. The Morgan fingerprint density at radius 1 is 1.07 bits per heavy atom. The maximum Gasteiger partial charge on any atom is 0.189 e. The molecule has 0 unspecified atom stereocenters. The predicted molar refractivity (Wildman–Crippen MR) is 111 cm³/mol. The number of rotatable bonds is 10. The highest BCUT2D eigenvalue weighted by atomic mass is 16.5. The Bertz CT molecular complexity index is 896. The van der Waals surface area contributed by atoms with Crippen molar-refractivity contribution < 1.29 is 24.1 Å². The normalized spacial score (nSPS) is 10.5. The number of phenolic OH excluding ortho intramolecular Hbond substituents is 1. The van der Waals surface area contributed by atoms with E-state index >= 15 is 0 Å². The van der Waals surface area contributed by atoms with Crippen LogP contribution in [0.1, 0.15) is 21.5 Å². The van der Waals surface area contributed by atoms with Crippen LogP contribution in [0.3, 0.4) is 0 Å². The number of carbonyl (C=O) groups is 1. The number of aromatic hydroxyl groups is 1. The third-order valence-electron chi connectivity index (χ3n) is 4.02. The van der Waals surface area contributed by atoms with Crippen LogP contribution in [0.4, 0.5) is 0 Å². The molecule has 0 spiro atoms. The van der Waals surface area contributed by atoms with Crippen molar-refractivity contribution in [1.29, 1.82) is 0 Å². The van der Waals surface area contributed by atoms with Gasteiger partial charge in [0.15, 0.2) is 5.78 Å². The van der Waals surface area contributed by atoms with Gasteiger partial charge in [0.1, 0.15) is 29.6 Å². The highest BCUT2D eigenvalue weighted by Crippen LogP contribution is 2.30. The molecule has 28 heavy (non-hydrogen) atoms. The fourth-order valence-corrected chi connectivity index (χ4v) is 2.63. The lowest BCUT2D eigenvalue weighted by atomic mass is 10.0. The topological polar surface area (TPSA) is 65.0 Å². The molecule has 0 saturated carbocycles. The fraction of sp³-hybridized carbons (Fsp3) is 0.174. The van der Waals surface area contributed by atoms with Crippen molar-refractivity contribution in [3.8, 4) is 23.0 Å². The quantitative estimate of drug-likeness (QED) is 0.371. The van der Waals surface area contributed by atoms with Crippen molar-refractivity contribution in [3.63, 3.8) is 0 Å². The van der Waals surface area contributed by atoms with Gasteiger partial charge in [-0.05, 0) is 42.3 Å². The van der Waals surface area contributed by atoms with Crippen LogP contribution in [0.2, 0.25) is 0 Å². The molecular formula is C23H24O5. The molecule has 0 aliphatic heterocycles. The zero-order valence-corrected chi connectivity index (χ0v) is 16.1. The van der Waals surface area contributed by atoms with E-state index in [1.54, 1.807) is 42.5 Å². The molecule has 0 saturated heterocycles. The summed E-state index contributed by atoms with van der Waals surface area (Å²) >= 11 is 0. The van der Waals surface area contributed by atoms with Gasteiger partial charge in [0.2, 0.25) is 0 Å². The second-order valence-corrected chi connectivity index (χ2v) is 5.88. The van der Waals surface area contributed by atoms with E-state index in [4.69, 9.17) is 14.2 Å². The smallest absolute Gasteiger partial charge is 0.189 e. The van der Waals surface area contributed by atoms with E-state index in [1.165, 1.54) is 26.4 Å². The summed E-state index contributed by atoms with van der Waals surface area (Å²) in [5, 5.41) is 10.0. The first-order valence-electron chi connectivity index (χ1n) is 8.69. The van der Waals surface area contributed by atoms with Crippen molar-refractivity contribution >= 4 is 11.9 Å². The van der Waals surface area contributed by atoms with Crippen molar-refractivity contribution in [2.45, 2.75) is 6.42 Å². The molecule has 0 amide bonds. The molecule has 1 N–H and O–H groups in total. The van der Waals surface area contributed by atoms with Crippen LogP contribution in [0.15, 0.2) is 61.7 Å². The number of ketones is 1. The van der Waals surface area contributed by atoms with E-state index in [0.29, 0.717) is 47.0 Å². The molecule has 0 aliphatic rings. The first kappa shape index (κ1) is 20.8. The lowest BCUT2D eigenvalue weighted by molar-refractivity contribution is 0.104. The minimum atomic E-state index is -0.229. The Labute approximate surface area is 165 Å². The van der Waals surface area contributed by atoms with Crippen LogP contribution >= 0.6 is 0 Å². The lowest BCUT2D eigenvalue weighted by Gasteiger charge is -2.10. The van der Waals surface area contributed by atoms with Crippen LogP contribution in [-0.4, -0.2) is 31.7 Å². The fourth-order valence-electron chi connectivity index (χ4n) is 2.63. The minimum Gasteiger partial charge on any atom is -0.508 e. The molecular weight excluding hydrogens is 356 g/mol. The molecule has 5 heteroatoms. The van der Waals surface area contributed by atoms with Crippen molar-refractivity contribution in [2.24, 2.45) is 0 Å². The summed E-state index contributed by atoms with van der Waals surface area (Å²) < 4.78 is 16.1. The van der Waals surface area contributed by atoms with Gasteiger partial charge in [0, 0.05) is 17.7 Å². The molecule has 2 aromatic carbocycles.